The van der Waals surface area contributed by atoms with E-state index in [-0.39, 0.29) is 12.1 Å². The highest BCUT2D eigenvalue weighted by atomic mass is 16.5. The Kier molecular flexibility index (Phi) is 4.92. The van der Waals surface area contributed by atoms with Gasteiger partial charge in [-0.15, -0.1) is 0 Å². The molecule has 0 N–H and O–H groups in total. The lowest BCUT2D eigenvalue weighted by Gasteiger charge is -2.08. The van der Waals surface area contributed by atoms with Crippen LogP contribution >= 0.6 is 0 Å². The maximum Gasteiger partial charge on any atom is 0.306 e. The lowest BCUT2D eigenvalue weighted by molar-refractivity contribution is -0.146. The molecule has 0 aromatic rings. The summed E-state index contributed by atoms with van der Waals surface area (Å²) < 4.78 is 4.85. The van der Waals surface area contributed by atoms with E-state index >= 15 is 0 Å². The van der Waals surface area contributed by atoms with Gasteiger partial charge in [0.1, 0.15) is 0 Å². The standard InChI is InChI=1S/C9H17O2/c1-7(2)5-6-9(10)11-8(3)4/h7-8H,3,5-6H2,1-2,4H3/t8-/m0/s1. The van der Waals surface area contributed by atoms with Crippen molar-refractivity contribution < 1.29 is 9.53 Å². The third-order valence-corrected chi connectivity index (χ3v) is 1.26. The first-order chi connectivity index (χ1) is 5.02. The van der Waals surface area contributed by atoms with Crippen LogP contribution in [-0.4, -0.2) is 12.1 Å². The number of carbonyl (C=O) groups is 1. The van der Waals surface area contributed by atoms with E-state index in [1.807, 2.05) is 0 Å². The quantitative estimate of drug-likeness (QED) is 0.585. The first-order valence-electron chi connectivity index (χ1n) is 4.05. The molecule has 0 aliphatic heterocycles. The van der Waals surface area contributed by atoms with E-state index in [4.69, 9.17) is 4.74 Å². The monoisotopic (exact) mass is 157 g/mol. The summed E-state index contributed by atoms with van der Waals surface area (Å²) in [6.45, 7) is 9.49. The predicted octanol–water partition coefficient (Wildman–Crippen LogP) is 2.19. The van der Waals surface area contributed by atoms with Crippen LogP contribution in [0.1, 0.15) is 33.6 Å². The summed E-state index contributed by atoms with van der Waals surface area (Å²) in [6.07, 6.45) is 1.18. The van der Waals surface area contributed by atoms with Gasteiger partial charge in [0.2, 0.25) is 0 Å². The third kappa shape index (κ3) is 7.37. The normalized spacial score (nSPS) is 10.7. The van der Waals surface area contributed by atoms with E-state index in [9.17, 15) is 4.79 Å². The highest BCUT2D eigenvalue weighted by Gasteiger charge is 2.05. The van der Waals surface area contributed by atoms with Gasteiger partial charge in [-0.2, -0.15) is 0 Å². The van der Waals surface area contributed by atoms with Crippen molar-refractivity contribution in [3.05, 3.63) is 6.92 Å². The molecule has 1 radical (unpaired) electrons. The summed E-state index contributed by atoms with van der Waals surface area (Å²) in [6, 6.07) is 0. The Morgan fingerprint density at radius 3 is 2.36 bits per heavy atom. The van der Waals surface area contributed by atoms with Crippen molar-refractivity contribution in [1.29, 1.82) is 0 Å². The fourth-order valence-electron chi connectivity index (χ4n) is 0.690. The lowest BCUT2D eigenvalue weighted by Crippen LogP contribution is -2.11. The van der Waals surface area contributed by atoms with Crippen LogP contribution in [0.2, 0.25) is 0 Å². The summed E-state index contributed by atoms with van der Waals surface area (Å²) >= 11 is 0. The van der Waals surface area contributed by atoms with Gasteiger partial charge in [0.25, 0.3) is 0 Å². The second-order valence-electron chi connectivity index (χ2n) is 3.23. The molecule has 2 nitrogen and oxygen atoms in total. The van der Waals surface area contributed by atoms with Gasteiger partial charge >= 0.3 is 5.97 Å². The van der Waals surface area contributed by atoms with Crippen LogP contribution in [0.4, 0.5) is 0 Å². The summed E-state index contributed by atoms with van der Waals surface area (Å²) in [4.78, 5) is 10.9. The number of rotatable bonds is 4. The molecule has 0 bridgehead atoms. The molecule has 1 atom stereocenters. The van der Waals surface area contributed by atoms with E-state index in [0.29, 0.717) is 12.3 Å². The van der Waals surface area contributed by atoms with Crippen molar-refractivity contribution in [1.82, 2.24) is 0 Å². The van der Waals surface area contributed by atoms with Crippen molar-refractivity contribution in [3.8, 4) is 0 Å². The van der Waals surface area contributed by atoms with Crippen LogP contribution < -0.4 is 0 Å². The van der Waals surface area contributed by atoms with E-state index in [1.54, 1.807) is 6.92 Å². The van der Waals surface area contributed by atoms with Crippen LogP contribution in [0.15, 0.2) is 0 Å². The average Bonchev–Trinajstić information content (AvgIpc) is 1.82. The van der Waals surface area contributed by atoms with Gasteiger partial charge in [-0.05, 0) is 26.2 Å². The van der Waals surface area contributed by atoms with Crippen LogP contribution in [0.3, 0.4) is 0 Å². The minimum absolute atomic E-state index is 0.138. The summed E-state index contributed by atoms with van der Waals surface area (Å²) in [7, 11) is 0. The van der Waals surface area contributed by atoms with Crippen molar-refractivity contribution in [3.63, 3.8) is 0 Å². The first kappa shape index (κ1) is 10.5. The third-order valence-electron chi connectivity index (χ3n) is 1.26. The Morgan fingerprint density at radius 1 is 1.45 bits per heavy atom. The van der Waals surface area contributed by atoms with E-state index in [0.717, 1.165) is 6.42 Å². The van der Waals surface area contributed by atoms with Gasteiger partial charge in [-0.1, -0.05) is 13.8 Å². The van der Waals surface area contributed by atoms with Crippen LogP contribution in [-0.2, 0) is 9.53 Å². The number of carbonyl (C=O) groups excluding carboxylic acids is 1. The van der Waals surface area contributed by atoms with E-state index in [2.05, 4.69) is 20.8 Å². The maximum atomic E-state index is 10.9. The topological polar surface area (TPSA) is 26.3 Å². The lowest BCUT2D eigenvalue weighted by atomic mass is 10.1. The van der Waals surface area contributed by atoms with Gasteiger partial charge in [0.05, 0.1) is 6.10 Å². The molecule has 0 saturated carbocycles. The Labute approximate surface area is 68.9 Å². The molecule has 0 fully saturated rings. The molecule has 0 saturated heterocycles. The first-order valence-corrected chi connectivity index (χ1v) is 4.05. The van der Waals surface area contributed by atoms with Crippen LogP contribution in [0.25, 0.3) is 0 Å². The van der Waals surface area contributed by atoms with Crippen molar-refractivity contribution in [2.45, 2.75) is 39.7 Å². The highest BCUT2D eigenvalue weighted by Crippen LogP contribution is 2.05. The molecule has 0 rings (SSSR count). The molecule has 0 spiro atoms. The van der Waals surface area contributed by atoms with Crippen molar-refractivity contribution in [2.24, 2.45) is 5.92 Å². The zero-order chi connectivity index (χ0) is 8.85. The number of esters is 1. The SMILES string of the molecule is [CH2][C@@H](C)OC(=O)CCC(C)C. The highest BCUT2D eigenvalue weighted by molar-refractivity contribution is 5.69. The zero-order valence-electron chi connectivity index (χ0n) is 7.59. The average molecular weight is 157 g/mol. The molecule has 0 heterocycles. The molecule has 0 unspecified atom stereocenters. The Hall–Kier alpha value is -0.530. The molecular formula is C9H17O2. The fourth-order valence-corrected chi connectivity index (χ4v) is 0.690. The fraction of sp³-hybridized carbons (Fsp3) is 0.778. The van der Waals surface area contributed by atoms with Gasteiger partial charge < -0.3 is 4.74 Å². The van der Waals surface area contributed by atoms with Gasteiger partial charge in [-0.25, -0.2) is 0 Å². The van der Waals surface area contributed by atoms with Gasteiger partial charge in [0, 0.05) is 6.42 Å². The maximum absolute atomic E-state index is 10.9. The molecule has 65 valence electrons. The molecule has 0 amide bonds. The number of hydrogen-bond acceptors (Lipinski definition) is 2. The molecule has 0 aromatic carbocycles. The Morgan fingerprint density at radius 2 is 2.00 bits per heavy atom. The van der Waals surface area contributed by atoms with Crippen LogP contribution in [0.5, 0.6) is 0 Å². The minimum Gasteiger partial charge on any atom is -0.463 e. The van der Waals surface area contributed by atoms with Gasteiger partial charge in [-0.3, -0.25) is 4.79 Å². The molecular weight excluding hydrogens is 140 g/mol. The van der Waals surface area contributed by atoms with Crippen LogP contribution in [0, 0.1) is 12.8 Å². The number of ether oxygens (including phenoxy) is 1. The summed E-state index contributed by atoms with van der Waals surface area (Å²) in [5.74, 6) is 0.420. The Bertz CT molecular complexity index is 117. The molecule has 11 heavy (non-hydrogen) atoms. The number of hydrogen-bond donors (Lipinski definition) is 0. The minimum atomic E-state index is -0.227. The van der Waals surface area contributed by atoms with Crippen molar-refractivity contribution in [2.75, 3.05) is 0 Å². The molecule has 0 aromatic heterocycles. The smallest absolute Gasteiger partial charge is 0.306 e. The zero-order valence-corrected chi connectivity index (χ0v) is 7.59. The largest absolute Gasteiger partial charge is 0.463 e. The molecule has 0 aliphatic rings. The summed E-state index contributed by atoms with van der Waals surface area (Å²) in [5, 5.41) is 0. The Balaban J connectivity index is 3.38. The second kappa shape index (κ2) is 5.16. The van der Waals surface area contributed by atoms with E-state index < -0.39 is 0 Å². The van der Waals surface area contributed by atoms with Crippen molar-refractivity contribution >= 4 is 5.97 Å². The van der Waals surface area contributed by atoms with E-state index in [1.165, 1.54) is 0 Å². The predicted molar refractivity (Wildman–Crippen MR) is 45.0 cm³/mol. The van der Waals surface area contributed by atoms with Gasteiger partial charge in [0.15, 0.2) is 0 Å². The summed E-state index contributed by atoms with van der Waals surface area (Å²) in [5.41, 5.74) is 0. The molecule has 2 heteroatoms. The second-order valence-corrected chi connectivity index (χ2v) is 3.23. The molecule has 0 aliphatic carbocycles.